The van der Waals surface area contributed by atoms with Crippen molar-refractivity contribution in [2.45, 2.75) is 12.2 Å². The van der Waals surface area contributed by atoms with Gasteiger partial charge in [-0.25, -0.2) is 0 Å². The van der Waals surface area contributed by atoms with Crippen molar-refractivity contribution in [1.82, 2.24) is 0 Å². The summed E-state index contributed by atoms with van der Waals surface area (Å²) < 4.78 is 5.47. The first kappa shape index (κ1) is 19.8. The number of Topliss-reactive ketones (excluding diaryl/α,β-unsaturated/α-hetero) is 1. The van der Waals surface area contributed by atoms with Crippen LogP contribution in [-0.2, 0) is 0 Å². The number of carbonyl (C=O) groups is 1. The lowest BCUT2D eigenvalue weighted by Gasteiger charge is -2.30. The molecule has 6 N–H and O–H groups in total. The Bertz CT molecular complexity index is 1030. The first-order valence-corrected chi connectivity index (χ1v) is 8.48. The maximum atomic E-state index is 12.2. The Morgan fingerprint density at radius 1 is 0.724 bits per heavy atom. The van der Waals surface area contributed by atoms with Gasteiger partial charge in [0.1, 0.15) is 28.6 Å². The van der Waals surface area contributed by atoms with Gasteiger partial charge >= 0.3 is 0 Å². The summed E-state index contributed by atoms with van der Waals surface area (Å²) in [4.78, 5) is 12.2. The van der Waals surface area contributed by atoms with Crippen molar-refractivity contribution < 1.29 is 40.2 Å². The van der Waals surface area contributed by atoms with Gasteiger partial charge in [-0.05, 0) is 29.8 Å². The van der Waals surface area contributed by atoms with Crippen LogP contribution in [0.1, 0.15) is 22.0 Å². The molecule has 0 aromatic heterocycles. The van der Waals surface area contributed by atoms with Crippen molar-refractivity contribution in [2.75, 3.05) is 0 Å². The third-order valence-corrected chi connectivity index (χ3v) is 4.21. The maximum Gasteiger partial charge on any atom is 0.202 e. The summed E-state index contributed by atoms with van der Waals surface area (Å²) in [6.45, 7) is 0. The molecule has 0 unspecified atom stereocenters. The number of phenolic OH excluding ortho intramolecular Hbond substituents is 5. The first-order valence-electron chi connectivity index (χ1n) is 8.48. The Labute approximate surface area is 165 Å². The molecule has 2 atom stereocenters. The number of aliphatic hydroxyl groups excluding tert-OH is 1. The zero-order valence-electron chi connectivity index (χ0n) is 14.9. The molecule has 0 saturated carbocycles. The Balaban J connectivity index is 0.000000290. The van der Waals surface area contributed by atoms with Gasteiger partial charge in [0.15, 0.2) is 23.7 Å². The molecule has 3 aromatic rings. The molecule has 8 nitrogen and oxygen atoms in total. The molecule has 1 aliphatic rings. The minimum absolute atomic E-state index is 0.0784. The number of hydrogen-bond donors (Lipinski definition) is 6. The summed E-state index contributed by atoms with van der Waals surface area (Å²) in [5.41, 5.74) is 0.0363. The van der Waals surface area contributed by atoms with Gasteiger partial charge in [0.05, 0.1) is 0 Å². The molecule has 1 heterocycles. The van der Waals surface area contributed by atoms with Crippen LogP contribution in [0.4, 0.5) is 0 Å². The van der Waals surface area contributed by atoms with Crippen molar-refractivity contribution in [2.24, 2.45) is 0 Å². The third kappa shape index (κ3) is 4.17. The van der Waals surface area contributed by atoms with E-state index in [1.807, 2.05) is 6.07 Å². The summed E-state index contributed by atoms with van der Waals surface area (Å²) in [6.07, 6.45) is -2.75. The Morgan fingerprint density at radius 2 is 1.41 bits per heavy atom. The molecule has 29 heavy (non-hydrogen) atoms. The standard InChI is InChI=1S/C15H12O7.C6H6O/c16-7-4-10(19)12-11(5-7)22-15(14(21)13(12)20)6-1-2-8(17)9(18)3-6;7-6-4-2-1-3-5-6/h1-5,14-19,21H;1-5,7H/t14-,15+;/m0./s1. The van der Waals surface area contributed by atoms with Crippen LogP contribution in [0.3, 0.4) is 0 Å². The normalized spacial score (nSPS) is 17.5. The molecular weight excluding hydrogens is 380 g/mol. The molecular formula is C21H18O8. The van der Waals surface area contributed by atoms with Gasteiger partial charge in [-0.1, -0.05) is 24.3 Å². The molecule has 3 aromatic carbocycles. The summed E-state index contributed by atoms with van der Waals surface area (Å²) >= 11 is 0. The molecule has 1 aliphatic heterocycles. The van der Waals surface area contributed by atoms with E-state index in [0.717, 1.165) is 18.2 Å². The van der Waals surface area contributed by atoms with Gasteiger partial charge < -0.3 is 35.4 Å². The van der Waals surface area contributed by atoms with E-state index in [1.165, 1.54) is 12.1 Å². The smallest absolute Gasteiger partial charge is 0.202 e. The number of aromatic hydroxyl groups is 5. The fraction of sp³-hybridized carbons (Fsp3) is 0.0952. The van der Waals surface area contributed by atoms with Crippen LogP contribution < -0.4 is 4.74 Å². The highest BCUT2D eigenvalue weighted by molar-refractivity contribution is 6.05. The Kier molecular flexibility index (Phi) is 5.47. The quantitative estimate of drug-likeness (QED) is 0.343. The Morgan fingerprint density at radius 3 is 2.00 bits per heavy atom. The van der Waals surface area contributed by atoms with Crippen molar-refractivity contribution in [3.05, 3.63) is 71.8 Å². The summed E-state index contributed by atoms with van der Waals surface area (Å²) in [5.74, 6) is -2.09. The largest absolute Gasteiger partial charge is 0.508 e. The number of benzene rings is 3. The summed E-state index contributed by atoms with van der Waals surface area (Å²) in [5, 5.41) is 56.7. The van der Waals surface area contributed by atoms with Crippen molar-refractivity contribution in [3.63, 3.8) is 0 Å². The minimum atomic E-state index is -1.60. The number of carbonyl (C=O) groups excluding carboxylic acids is 1. The highest BCUT2D eigenvalue weighted by Gasteiger charge is 2.39. The predicted molar refractivity (Wildman–Crippen MR) is 101 cm³/mol. The lowest BCUT2D eigenvalue weighted by Crippen LogP contribution is -2.36. The fourth-order valence-corrected chi connectivity index (χ4v) is 2.81. The molecule has 0 radical (unpaired) electrons. The van der Waals surface area contributed by atoms with Crippen molar-refractivity contribution in [3.8, 4) is 34.5 Å². The summed E-state index contributed by atoms with van der Waals surface area (Å²) in [7, 11) is 0. The molecule has 0 fully saturated rings. The molecule has 150 valence electrons. The van der Waals surface area contributed by atoms with Crippen molar-refractivity contribution in [1.29, 1.82) is 0 Å². The number of aliphatic hydroxyl groups is 1. The van der Waals surface area contributed by atoms with Crippen LogP contribution in [0.2, 0.25) is 0 Å². The minimum Gasteiger partial charge on any atom is -0.508 e. The zero-order chi connectivity index (χ0) is 21.1. The van der Waals surface area contributed by atoms with Gasteiger partial charge in [0, 0.05) is 12.1 Å². The molecule has 0 spiro atoms. The lowest BCUT2D eigenvalue weighted by atomic mass is 9.92. The number of rotatable bonds is 1. The number of hydrogen-bond acceptors (Lipinski definition) is 8. The van der Waals surface area contributed by atoms with E-state index in [9.17, 15) is 30.3 Å². The van der Waals surface area contributed by atoms with Crippen LogP contribution >= 0.6 is 0 Å². The monoisotopic (exact) mass is 398 g/mol. The van der Waals surface area contributed by atoms with Crippen LogP contribution in [0.15, 0.2) is 60.7 Å². The first-order chi connectivity index (χ1) is 13.8. The Hall–Kier alpha value is -3.91. The van der Waals surface area contributed by atoms with Crippen LogP contribution in [-0.4, -0.2) is 42.5 Å². The van der Waals surface area contributed by atoms with Crippen molar-refractivity contribution >= 4 is 5.78 Å². The maximum absolute atomic E-state index is 12.2. The third-order valence-electron chi connectivity index (χ3n) is 4.21. The van der Waals surface area contributed by atoms with Gasteiger partial charge in [0.25, 0.3) is 0 Å². The number of ketones is 1. The SMILES string of the molecule is O=C1c2c(O)cc(O)cc2O[C@H](c2ccc(O)c(O)c2)[C@H]1O.Oc1ccccc1. The second kappa shape index (κ2) is 7.99. The predicted octanol–water partition coefficient (Wildman–Crippen LogP) is 2.58. The highest BCUT2D eigenvalue weighted by atomic mass is 16.5. The molecule has 4 rings (SSSR count). The molecule has 8 heteroatoms. The second-order valence-corrected chi connectivity index (χ2v) is 6.27. The van der Waals surface area contributed by atoms with E-state index in [4.69, 9.17) is 9.84 Å². The second-order valence-electron chi connectivity index (χ2n) is 6.27. The average Bonchev–Trinajstić information content (AvgIpc) is 2.67. The number of fused-ring (bicyclic) bond motifs is 1. The fourth-order valence-electron chi connectivity index (χ4n) is 2.81. The van der Waals surface area contributed by atoms with Crippen LogP contribution in [0.25, 0.3) is 0 Å². The molecule has 0 aliphatic carbocycles. The average molecular weight is 398 g/mol. The zero-order valence-corrected chi connectivity index (χ0v) is 14.9. The van der Waals surface area contributed by atoms with E-state index >= 15 is 0 Å². The van der Waals surface area contributed by atoms with Gasteiger partial charge in [-0.3, -0.25) is 4.79 Å². The number of para-hydroxylation sites is 1. The van der Waals surface area contributed by atoms with E-state index in [0.29, 0.717) is 5.75 Å². The lowest BCUT2D eigenvalue weighted by molar-refractivity contribution is 0.0210. The summed E-state index contributed by atoms with van der Waals surface area (Å²) in [6, 6.07) is 14.6. The number of phenols is 5. The molecule has 0 bridgehead atoms. The molecule has 0 amide bonds. The number of ether oxygens (including phenoxy) is 1. The van der Waals surface area contributed by atoms with Gasteiger partial charge in [-0.2, -0.15) is 0 Å². The van der Waals surface area contributed by atoms with E-state index in [-0.39, 0.29) is 28.4 Å². The highest BCUT2D eigenvalue weighted by Crippen LogP contribution is 2.42. The van der Waals surface area contributed by atoms with Gasteiger partial charge in [0.2, 0.25) is 5.78 Å². The van der Waals surface area contributed by atoms with E-state index in [2.05, 4.69) is 0 Å². The van der Waals surface area contributed by atoms with Crippen LogP contribution in [0.5, 0.6) is 34.5 Å². The topological polar surface area (TPSA) is 148 Å². The van der Waals surface area contributed by atoms with Crippen LogP contribution in [0, 0.1) is 0 Å². The van der Waals surface area contributed by atoms with E-state index in [1.54, 1.807) is 24.3 Å². The molecule has 0 saturated heterocycles. The van der Waals surface area contributed by atoms with Gasteiger partial charge in [-0.15, -0.1) is 0 Å². The van der Waals surface area contributed by atoms with E-state index < -0.39 is 29.5 Å².